The summed E-state index contributed by atoms with van der Waals surface area (Å²) in [5, 5.41) is 0. The Balaban J connectivity index is 1.91. The van der Waals surface area contributed by atoms with E-state index in [4.69, 9.17) is 5.73 Å². The average Bonchev–Trinajstić information content (AvgIpc) is 2.56. The molecule has 21 heavy (non-hydrogen) atoms. The zero-order chi connectivity index (χ0) is 15.1. The highest BCUT2D eigenvalue weighted by Crippen LogP contribution is 2.25. The van der Waals surface area contributed by atoms with Crippen molar-refractivity contribution in [2.75, 3.05) is 26.2 Å². The summed E-state index contributed by atoms with van der Waals surface area (Å²) in [6.45, 7) is 5.73. The number of likely N-dealkylation sites (N-methyl/N-ethyl adjacent to an activating group) is 1. The molecule has 2 aliphatic rings. The molecule has 4 nitrogen and oxygen atoms in total. The van der Waals surface area contributed by atoms with Gasteiger partial charge in [0.15, 0.2) is 0 Å². The second kappa shape index (κ2) is 8.74. The highest BCUT2D eigenvalue weighted by atomic mass is 16.2. The Morgan fingerprint density at radius 3 is 2.33 bits per heavy atom. The lowest BCUT2D eigenvalue weighted by Gasteiger charge is -2.39. The van der Waals surface area contributed by atoms with Crippen molar-refractivity contribution in [3.63, 3.8) is 0 Å². The van der Waals surface area contributed by atoms with Crippen LogP contribution in [0, 0.1) is 0 Å². The lowest BCUT2D eigenvalue weighted by molar-refractivity contribution is -0.133. The molecule has 1 unspecified atom stereocenters. The van der Waals surface area contributed by atoms with Gasteiger partial charge in [-0.15, -0.1) is 0 Å². The number of nitrogens with zero attached hydrogens (tertiary/aromatic N) is 2. The van der Waals surface area contributed by atoms with E-state index in [9.17, 15) is 4.79 Å². The van der Waals surface area contributed by atoms with Crippen molar-refractivity contribution in [1.29, 1.82) is 0 Å². The maximum atomic E-state index is 12.5. The molecule has 4 heteroatoms. The van der Waals surface area contributed by atoms with Gasteiger partial charge in [0.2, 0.25) is 5.91 Å². The van der Waals surface area contributed by atoms with Crippen LogP contribution in [0.5, 0.6) is 0 Å². The lowest BCUT2D eigenvalue weighted by atomic mass is 9.92. The molecule has 1 aliphatic carbocycles. The van der Waals surface area contributed by atoms with Crippen LogP contribution < -0.4 is 5.73 Å². The second-order valence-corrected chi connectivity index (χ2v) is 6.66. The van der Waals surface area contributed by atoms with Gasteiger partial charge in [-0.3, -0.25) is 9.69 Å². The molecule has 0 aromatic carbocycles. The fourth-order valence-corrected chi connectivity index (χ4v) is 4.04. The third-order valence-electron chi connectivity index (χ3n) is 5.27. The number of nitrogens with two attached hydrogens (primary N) is 1. The van der Waals surface area contributed by atoms with Gasteiger partial charge in [-0.05, 0) is 38.6 Å². The summed E-state index contributed by atoms with van der Waals surface area (Å²) in [6, 6.07) is 0.874. The Morgan fingerprint density at radius 1 is 1.14 bits per heavy atom. The van der Waals surface area contributed by atoms with E-state index in [0.29, 0.717) is 24.9 Å². The molecule has 1 saturated carbocycles. The van der Waals surface area contributed by atoms with Gasteiger partial charge in [0.1, 0.15) is 0 Å². The number of carbonyl (C=O) groups is 1. The molecule has 0 radical (unpaired) electrons. The molecule has 0 aromatic rings. The van der Waals surface area contributed by atoms with E-state index in [0.717, 1.165) is 19.6 Å². The van der Waals surface area contributed by atoms with Gasteiger partial charge >= 0.3 is 0 Å². The number of hydrogen-bond donors (Lipinski definition) is 1. The Bertz CT molecular complexity index is 309. The number of carbonyl (C=O) groups excluding carboxylic acids is 1. The van der Waals surface area contributed by atoms with Crippen molar-refractivity contribution in [1.82, 2.24) is 9.80 Å². The minimum absolute atomic E-state index is 0.229. The van der Waals surface area contributed by atoms with Crippen molar-refractivity contribution < 1.29 is 4.79 Å². The molecular weight excluding hydrogens is 262 g/mol. The first-order valence-corrected chi connectivity index (χ1v) is 8.99. The van der Waals surface area contributed by atoms with Crippen molar-refractivity contribution in [3.05, 3.63) is 0 Å². The van der Waals surface area contributed by atoms with Crippen LogP contribution in [0.2, 0.25) is 0 Å². The minimum Gasteiger partial charge on any atom is -0.343 e. The number of likely N-dealkylation sites (tertiary alicyclic amines) is 1. The minimum atomic E-state index is 0.229. The largest absolute Gasteiger partial charge is 0.343 e. The molecule has 0 aromatic heterocycles. The molecule has 1 heterocycles. The normalized spacial score (nSPS) is 22.5. The summed E-state index contributed by atoms with van der Waals surface area (Å²) >= 11 is 0. The van der Waals surface area contributed by atoms with Gasteiger partial charge in [0.05, 0.1) is 0 Å². The van der Waals surface area contributed by atoms with Crippen LogP contribution in [0.1, 0.15) is 64.7 Å². The molecule has 2 N–H and O–H groups in total. The predicted molar refractivity (Wildman–Crippen MR) is 87.1 cm³/mol. The van der Waals surface area contributed by atoms with Crippen molar-refractivity contribution in [2.45, 2.75) is 76.8 Å². The fourth-order valence-electron chi connectivity index (χ4n) is 4.04. The van der Waals surface area contributed by atoms with E-state index in [1.165, 1.54) is 51.4 Å². The van der Waals surface area contributed by atoms with Crippen LogP contribution >= 0.6 is 0 Å². The summed E-state index contributed by atoms with van der Waals surface area (Å²) in [5.41, 5.74) is 6.02. The smallest absolute Gasteiger partial charge is 0.224 e. The van der Waals surface area contributed by atoms with Crippen molar-refractivity contribution in [2.24, 2.45) is 5.73 Å². The van der Waals surface area contributed by atoms with Crippen LogP contribution in [0.4, 0.5) is 0 Å². The Morgan fingerprint density at radius 2 is 1.76 bits per heavy atom. The van der Waals surface area contributed by atoms with Gasteiger partial charge < -0.3 is 10.6 Å². The summed E-state index contributed by atoms with van der Waals surface area (Å²) < 4.78 is 0. The number of hydrogen-bond acceptors (Lipinski definition) is 3. The van der Waals surface area contributed by atoms with E-state index in [1.54, 1.807) is 0 Å². The monoisotopic (exact) mass is 295 g/mol. The summed E-state index contributed by atoms with van der Waals surface area (Å²) in [5.74, 6) is 0.319. The van der Waals surface area contributed by atoms with Crippen LogP contribution in [-0.4, -0.2) is 54.0 Å². The lowest BCUT2D eigenvalue weighted by Crippen LogP contribution is -2.50. The first-order valence-electron chi connectivity index (χ1n) is 8.99. The zero-order valence-electron chi connectivity index (χ0n) is 13.7. The number of rotatable bonds is 6. The molecule has 1 saturated heterocycles. The maximum absolute atomic E-state index is 12.5. The highest BCUT2D eigenvalue weighted by Gasteiger charge is 2.28. The number of piperidine rings is 1. The van der Waals surface area contributed by atoms with E-state index < -0.39 is 0 Å². The first-order chi connectivity index (χ1) is 10.3. The molecule has 0 bridgehead atoms. The van der Waals surface area contributed by atoms with E-state index in [2.05, 4.69) is 16.7 Å². The van der Waals surface area contributed by atoms with Crippen molar-refractivity contribution >= 4 is 5.91 Å². The van der Waals surface area contributed by atoms with Gasteiger partial charge in [0, 0.05) is 38.1 Å². The number of amides is 1. The molecule has 1 atom stereocenters. The zero-order valence-corrected chi connectivity index (χ0v) is 13.7. The van der Waals surface area contributed by atoms with E-state index in [-0.39, 0.29) is 6.04 Å². The SMILES string of the molecule is CCN(C1CCCCC1)C(CN)CC(=O)N1CCCCC1. The molecule has 2 rings (SSSR count). The third-order valence-corrected chi connectivity index (χ3v) is 5.27. The van der Waals surface area contributed by atoms with E-state index >= 15 is 0 Å². The van der Waals surface area contributed by atoms with Crippen LogP contribution in [0.15, 0.2) is 0 Å². The Labute approximate surface area is 130 Å². The van der Waals surface area contributed by atoms with Gasteiger partial charge in [0.25, 0.3) is 0 Å². The van der Waals surface area contributed by atoms with Gasteiger partial charge in [-0.1, -0.05) is 26.2 Å². The summed E-state index contributed by atoms with van der Waals surface area (Å²) in [6.07, 6.45) is 10.8. The Kier molecular flexibility index (Phi) is 6.97. The highest BCUT2D eigenvalue weighted by molar-refractivity contribution is 5.77. The molecule has 0 spiro atoms. The van der Waals surface area contributed by atoms with Crippen LogP contribution in [0.3, 0.4) is 0 Å². The quantitative estimate of drug-likeness (QED) is 0.818. The molecular formula is C17H33N3O. The second-order valence-electron chi connectivity index (χ2n) is 6.66. The maximum Gasteiger partial charge on any atom is 0.224 e. The third kappa shape index (κ3) is 4.68. The standard InChI is InChI=1S/C17H33N3O/c1-2-20(15-9-5-3-6-10-15)16(14-18)13-17(21)19-11-7-4-8-12-19/h15-16H,2-14,18H2,1H3. The summed E-state index contributed by atoms with van der Waals surface area (Å²) in [4.78, 5) is 17.1. The fraction of sp³-hybridized carbons (Fsp3) is 0.941. The van der Waals surface area contributed by atoms with E-state index in [1.807, 2.05) is 0 Å². The molecule has 1 amide bonds. The van der Waals surface area contributed by atoms with Gasteiger partial charge in [-0.25, -0.2) is 0 Å². The topological polar surface area (TPSA) is 49.6 Å². The Hall–Kier alpha value is -0.610. The van der Waals surface area contributed by atoms with Crippen molar-refractivity contribution in [3.8, 4) is 0 Å². The molecule has 122 valence electrons. The first kappa shape index (κ1) is 16.8. The molecule has 1 aliphatic heterocycles. The molecule has 2 fully saturated rings. The van der Waals surface area contributed by atoms with Crippen LogP contribution in [-0.2, 0) is 4.79 Å². The predicted octanol–water partition coefficient (Wildman–Crippen LogP) is 2.37. The summed E-state index contributed by atoms with van der Waals surface area (Å²) in [7, 11) is 0. The van der Waals surface area contributed by atoms with Gasteiger partial charge in [-0.2, -0.15) is 0 Å². The average molecular weight is 295 g/mol. The van der Waals surface area contributed by atoms with Crippen LogP contribution in [0.25, 0.3) is 0 Å².